The molecule has 2 amide bonds. The summed E-state index contributed by atoms with van der Waals surface area (Å²) in [6.45, 7) is 3.79. The first kappa shape index (κ1) is 24.5. The number of hydrogen-bond acceptors (Lipinski definition) is 5. The van der Waals surface area contributed by atoms with Crippen LogP contribution in [0.4, 0.5) is 4.79 Å². The number of sulfonamides is 1. The minimum atomic E-state index is -4.19. The lowest BCUT2D eigenvalue weighted by atomic mass is 9.98. The first-order valence-corrected chi connectivity index (χ1v) is 11.4. The Bertz CT molecular complexity index is 980. The lowest BCUT2D eigenvalue weighted by Crippen LogP contribution is -2.56. The van der Waals surface area contributed by atoms with Crippen LogP contribution in [0.25, 0.3) is 0 Å². The predicted octanol–water partition coefficient (Wildman–Crippen LogP) is 2.84. The van der Waals surface area contributed by atoms with Crippen molar-refractivity contribution in [3.8, 4) is 0 Å². The smallest absolute Gasteiger partial charge is 0.411 e. The van der Waals surface area contributed by atoms with Gasteiger partial charge in [0, 0.05) is 13.0 Å². The van der Waals surface area contributed by atoms with E-state index in [-0.39, 0.29) is 23.8 Å². The van der Waals surface area contributed by atoms with Gasteiger partial charge in [-0.3, -0.25) is 10.1 Å². The Morgan fingerprint density at radius 3 is 2.10 bits per heavy atom. The number of aliphatic hydroxyl groups is 1. The average Bonchev–Trinajstić information content (AvgIpc) is 2.68. The molecule has 3 N–H and O–H groups in total. The lowest BCUT2D eigenvalue weighted by molar-refractivity contribution is -0.132. The SMILES string of the molecule is CC(C)CCN(C(O)(CC(=O)NC(=O)O)Cc1ccccc1)S(=O)(=O)c1ccccc1. The first-order valence-electron chi connectivity index (χ1n) is 9.91. The van der Waals surface area contributed by atoms with Crippen molar-refractivity contribution >= 4 is 22.0 Å². The molecule has 168 valence electrons. The van der Waals surface area contributed by atoms with Crippen molar-refractivity contribution < 1.29 is 28.2 Å². The normalized spacial score (nSPS) is 13.7. The number of amides is 2. The molecule has 1 atom stereocenters. The summed E-state index contributed by atoms with van der Waals surface area (Å²) >= 11 is 0. The molecule has 9 heteroatoms. The van der Waals surface area contributed by atoms with Crippen LogP contribution in [0.1, 0.15) is 32.3 Å². The fraction of sp³-hybridized carbons (Fsp3) is 0.364. The maximum atomic E-state index is 13.5. The fourth-order valence-corrected chi connectivity index (χ4v) is 4.91. The summed E-state index contributed by atoms with van der Waals surface area (Å²) in [7, 11) is -4.19. The zero-order valence-corrected chi connectivity index (χ0v) is 18.4. The van der Waals surface area contributed by atoms with Gasteiger partial charge < -0.3 is 10.2 Å². The van der Waals surface area contributed by atoms with Gasteiger partial charge in [-0.05, 0) is 30.0 Å². The molecule has 2 rings (SSSR count). The molecular weight excluding hydrogens is 420 g/mol. The van der Waals surface area contributed by atoms with Crippen LogP contribution in [0.3, 0.4) is 0 Å². The molecule has 0 aliphatic heterocycles. The van der Waals surface area contributed by atoms with Gasteiger partial charge in [0.05, 0.1) is 11.3 Å². The third kappa shape index (κ3) is 6.88. The number of nitrogens with zero attached hydrogens (tertiary/aromatic N) is 1. The van der Waals surface area contributed by atoms with Gasteiger partial charge in [-0.25, -0.2) is 13.2 Å². The van der Waals surface area contributed by atoms with E-state index >= 15 is 0 Å². The van der Waals surface area contributed by atoms with Gasteiger partial charge in [-0.2, -0.15) is 4.31 Å². The van der Waals surface area contributed by atoms with Gasteiger partial charge in [-0.15, -0.1) is 0 Å². The summed E-state index contributed by atoms with van der Waals surface area (Å²) in [5.74, 6) is -0.869. The van der Waals surface area contributed by atoms with E-state index in [1.165, 1.54) is 12.1 Å². The molecular formula is C22H28N2O6S. The van der Waals surface area contributed by atoms with Gasteiger partial charge in [-0.1, -0.05) is 62.4 Å². The van der Waals surface area contributed by atoms with Crippen LogP contribution in [0.2, 0.25) is 0 Å². The number of carbonyl (C=O) groups is 2. The van der Waals surface area contributed by atoms with Crippen LogP contribution in [0, 0.1) is 5.92 Å². The van der Waals surface area contributed by atoms with E-state index in [0.29, 0.717) is 12.0 Å². The number of imide groups is 1. The van der Waals surface area contributed by atoms with Gasteiger partial charge in [0.15, 0.2) is 0 Å². The number of benzene rings is 2. The van der Waals surface area contributed by atoms with Crippen LogP contribution in [-0.4, -0.2) is 47.2 Å². The summed E-state index contributed by atoms with van der Waals surface area (Å²) in [6, 6.07) is 16.3. The van der Waals surface area contributed by atoms with E-state index in [2.05, 4.69) is 0 Å². The maximum absolute atomic E-state index is 13.5. The Kier molecular flexibility index (Phi) is 8.32. The van der Waals surface area contributed by atoms with E-state index in [0.717, 1.165) is 4.31 Å². The Morgan fingerprint density at radius 1 is 1.03 bits per heavy atom. The van der Waals surface area contributed by atoms with Crippen molar-refractivity contribution in [1.29, 1.82) is 0 Å². The zero-order valence-electron chi connectivity index (χ0n) is 17.6. The van der Waals surface area contributed by atoms with Crippen molar-refractivity contribution in [2.45, 2.75) is 43.7 Å². The molecule has 0 saturated heterocycles. The van der Waals surface area contributed by atoms with Crippen molar-refractivity contribution in [3.05, 3.63) is 66.2 Å². The molecule has 31 heavy (non-hydrogen) atoms. The molecule has 0 saturated carbocycles. The van der Waals surface area contributed by atoms with E-state index in [9.17, 15) is 23.1 Å². The highest BCUT2D eigenvalue weighted by Gasteiger charge is 2.44. The van der Waals surface area contributed by atoms with Crippen LogP contribution in [0.15, 0.2) is 65.6 Å². The third-order valence-corrected chi connectivity index (χ3v) is 6.70. The molecule has 2 aromatic carbocycles. The molecule has 0 aliphatic rings. The molecule has 0 spiro atoms. The largest absolute Gasteiger partial charge is 0.465 e. The summed E-state index contributed by atoms with van der Waals surface area (Å²) in [5.41, 5.74) is -1.57. The zero-order chi connectivity index (χ0) is 23.1. The first-order chi connectivity index (χ1) is 14.5. The molecule has 0 fully saturated rings. The Labute approximate surface area is 182 Å². The van der Waals surface area contributed by atoms with Gasteiger partial charge in [0.2, 0.25) is 15.9 Å². The maximum Gasteiger partial charge on any atom is 0.411 e. The van der Waals surface area contributed by atoms with Gasteiger partial charge >= 0.3 is 6.09 Å². The highest BCUT2D eigenvalue weighted by Crippen LogP contribution is 2.30. The molecule has 8 nitrogen and oxygen atoms in total. The highest BCUT2D eigenvalue weighted by atomic mass is 32.2. The van der Waals surface area contributed by atoms with Crippen LogP contribution >= 0.6 is 0 Å². The Morgan fingerprint density at radius 2 is 1.58 bits per heavy atom. The number of hydrogen-bond donors (Lipinski definition) is 3. The number of nitrogens with one attached hydrogen (secondary N) is 1. The summed E-state index contributed by atoms with van der Waals surface area (Å²) in [5, 5.41) is 22.2. The molecule has 0 heterocycles. The number of carboxylic acid groups (broad SMARTS) is 1. The molecule has 0 aromatic heterocycles. The second-order valence-electron chi connectivity index (χ2n) is 7.75. The van der Waals surface area contributed by atoms with Crippen LogP contribution in [-0.2, 0) is 21.2 Å². The number of carbonyl (C=O) groups excluding carboxylic acids is 1. The molecule has 1 unspecified atom stereocenters. The average molecular weight is 449 g/mol. The minimum Gasteiger partial charge on any atom is -0.465 e. The quantitative estimate of drug-likeness (QED) is 0.480. The second kappa shape index (κ2) is 10.5. The Hall–Kier alpha value is -2.75. The van der Waals surface area contributed by atoms with Crippen LogP contribution < -0.4 is 5.32 Å². The van der Waals surface area contributed by atoms with Crippen molar-refractivity contribution in [1.82, 2.24) is 9.62 Å². The van der Waals surface area contributed by atoms with Gasteiger partial charge in [0.1, 0.15) is 5.72 Å². The fourth-order valence-electron chi connectivity index (χ4n) is 3.23. The molecule has 0 aliphatic carbocycles. The monoisotopic (exact) mass is 448 g/mol. The topological polar surface area (TPSA) is 124 Å². The van der Waals surface area contributed by atoms with E-state index in [4.69, 9.17) is 5.11 Å². The molecule has 0 radical (unpaired) electrons. The third-order valence-electron chi connectivity index (χ3n) is 4.73. The highest BCUT2D eigenvalue weighted by molar-refractivity contribution is 7.89. The molecule has 2 aromatic rings. The summed E-state index contributed by atoms with van der Waals surface area (Å²) in [4.78, 5) is 23.2. The molecule has 0 bridgehead atoms. The predicted molar refractivity (Wildman–Crippen MR) is 116 cm³/mol. The van der Waals surface area contributed by atoms with Crippen molar-refractivity contribution in [3.63, 3.8) is 0 Å². The van der Waals surface area contributed by atoms with E-state index < -0.39 is 34.2 Å². The van der Waals surface area contributed by atoms with E-state index in [1.807, 2.05) is 13.8 Å². The van der Waals surface area contributed by atoms with E-state index in [1.54, 1.807) is 53.8 Å². The summed E-state index contributed by atoms with van der Waals surface area (Å²) < 4.78 is 27.9. The standard InChI is InChI=1S/C22H28N2O6S/c1-17(2)13-14-24(31(29,30)19-11-7-4-8-12-19)22(28,16-20(25)23-21(26)27)15-18-9-5-3-6-10-18/h3-12,17,28H,13-16H2,1-2H3,(H,23,25)(H,26,27). The van der Waals surface area contributed by atoms with Crippen LogP contribution in [0.5, 0.6) is 0 Å². The summed E-state index contributed by atoms with van der Waals surface area (Å²) in [6.07, 6.45) is -2.07. The Balaban J connectivity index is 2.55. The lowest BCUT2D eigenvalue weighted by Gasteiger charge is -2.39. The second-order valence-corrected chi connectivity index (χ2v) is 9.61. The van der Waals surface area contributed by atoms with Crippen molar-refractivity contribution in [2.24, 2.45) is 5.92 Å². The number of rotatable bonds is 10. The minimum absolute atomic E-state index is 0.0242. The van der Waals surface area contributed by atoms with Gasteiger partial charge in [0.25, 0.3) is 0 Å². The van der Waals surface area contributed by atoms with Crippen molar-refractivity contribution in [2.75, 3.05) is 6.54 Å².